The highest BCUT2D eigenvalue weighted by atomic mass is 35.5. The van der Waals surface area contributed by atoms with E-state index in [1.54, 1.807) is 11.9 Å². The van der Waals surface area contributed by atoms with E-state index in [0.29, 0.717) is 12.4 Å². The van der Waals surface area contributed by atoms with Gasteiger partial charge in [-0.25, -0.2) is 0 Å². The number of phenolic OH excluding ortho intramolecular Hbond substituents is 2. The number of aromatic hydroxyl groups is 2. The van der Waals surface area contributed by atoms with Crippen molar-refractivity contribution in [2.45, 2.75) is 19.3 Å². The normalized spacial score (nSPS) is 10.3. The lowest BCUT2D eigenvalue weighted by atomic mass is 10.1. The predicted molar refractivity (Wildman–Crippen MR) is 71.3 cm³/mol. The van der Waals surface area contributed by atoms with E-state index in [1.807, 2.05) is 0 Å². The fourth-order valence-corrected chi connectivity index (χ4v) is 1.82. The maximum atomic E-state index is 12.0. The molecule has 0 spiro atoms. The highest BCUT2D eigenvalue weighted by Gasteiger charge is 2.15. The number of nitrogens with zero attached hydrogens (tertiary/aromatic N) is 1. The van der Waals surface area contributed by atoms with Gasteiger partial charge in [0.2, 0.25) is 0 Å². The molecular formula is C13H18ClNO3. The first-order valence-electron chi connectivity index (χ1n) is 5.89. The van der Waals surface area contributed by atoms with Gasteiger partial charge in [0.15, 0.2) is 0 Å². The monoisotopic (exact) mass is 271 g/mol. The van der Waals surface area contributed by atoms with Crippen LogP contribution >= 0.6 is 11.6 Å². The Morgan fingerprint density at radius 3 is 2.61 bits per heavy atom. The number of hydrogen-bond acceptors (Lipinski definition) is 3. The fraction of sp³-hybridized carbons (Fsp3) is 0.462. The molecular weight excluding hydrogens is 254 g/mol. The summed E-state index contributed by atoms with van der Waals surface area (Å²) < 4.78 is 0. The van der Waals surface area contributed by atoms with Gasteiger partial charge in [-0.3, -0.25) is 4.79 Å². The zero-order chi connectivity index (χ0) is 13.5. The Hall–Kier alpha value is -1.42. The van der Waals surface area contributed by atoms with Crippen LogP contribution in [0.15, 0.2) is 18.2 Å². The Morgan fingerprint density at radius 2 is 2.00 bits per heavy atom. The van der Waals surface area contributed by atoms with E-state index in [0.717, 1.165) is 25.3 Å². The van der Waals surface area contributed by atoms with Gasteiger partial charge in [0.1, 0.15) is 11.5 Å². The standard InChI is InChI=1S/C13H18ClNO3/c1-15(8-4-2-3-7-14)13(18)11-6-5-10(16)9-12(11)17/h5-6,9,16-17H,2-4,7-8H2,1H3. The van der Waals surface area contributed by atoms with Crippen molar-refractivity contribution in [1.82, 2.24) is 4.90 Å². The number of hydrogen-bond donors (Lipinski definition) is 2. The van der Waals surface area contributed by atoms with E-state index in [4.69, 9.17) is 16.7 Å². The Labute approximate surface area is 112 Å². The fourth-order valence-electron chi connectivity index (χ4n) is 1.63. The van der Waals surface area contributed by atoms with Gasteiger partial charge in [-0.15, -0.1) is 11.6 Å². The molecule has 0 fully saturated rings. The maximum absolute atomic E-state index is 12.0. The lowest BCUT2D eigenvalue weighted by Gasteiger charge is -2.17. The molecule has 0 aliphatic carbocycles. The number of amides is 1. The van der Waals surface area contributed by atoms with E-state index < -0.39 is 0 Å². The first kappa shape index (κ1) is 14.6. The van der Waals surface area contributed by atoms with Crippen LogP contribution in [0.4, 0.5) is 0 Å². The molecule has 2 N–H and O–H groups in total. The van der Waals surface area contributed by atoms with Gasteiger partial charge in [0.05, 0.1) is 5.56 Å². The third kappa shape index (κ3) is 4.11. The first-order chi connectivity index (χ1) is 8.56. The lowest BCUT2D eigenvalue weighted by Crippen LogP contribution is -2.27. The summed E-state index contributed by atoms with van der Waals surface area (Å²) >= 11 is 5.57. The topological polar surface area (TPSA) is 60.8 Å². The van der Waals surface area contributed by atoms with Gasteiger partial charge in [-0.2, -0.15) is 0 Å². The molecule has 0 heterocycles. The number of carbonyl (C=O) groups excluding carboxylic acids is 1. The average Bonchev–Trinajstić information content (AvgIpc) is 2.33. The maximum Gasteiger partial charge on any atom is 0.257 e. The molecule has 0 saturated heterocycles. The number of carbonyl (C=O) groups is 1. The Kier molecular flexibility index (Phi) is 5.78. The van der Waals surface area contributed by atoms with E-state index >= 15 is 0 Å². The van der Waals surface area contributed by atoms with Gasteiger partial charge >= 0.3 is 0 Å². The molecule has 0 atom stereocenters. The molecule has 18 heavy (non-hydrogen) atoms. The molecule has 0 saturated carbocycles. The van der Waals surface area contributed by atoms with Crippen LogP contribution < -0.4 is 0 Å². The molecule has 0 bridgehead atoms. The van der Waals surface area contributed by atoms with Crippen molar-refractivity contribution in [2.75, 3.05) is 19.5 Å². The van der Waals surface area contributed by atoms with Crippen LogP contribution in [0, 0.1) is 0 Å². The van der Waals surface area contributed by atoms with E-state index in [-0.39, 0.29) is 23.0 Å². The van der Waals surface area contributed by atoms with Crippen LogP contribution in [0.1, 0.15) is 29.6 Å². The molecule has 0 aliphatic rings. The molecule has 1 aromatic rings. The van der Waals surface area contributed by atoms with E-state index in [1.165, 1.54) is 12.1 Å². The van der Waals surface area contributed by atoms with Crippen LogP contribution in [0.2, 0.25) is 0 Å². The highest BCUT2D eigenvalue weighted by molar-refractivity contribution is 6.17. The quantitative estimate of drug-likeness (QED) is 0.617. The molecule has 5 heteroatoms. The van der Waals surface area contributed by atoms with Crippen LogP contribution in [0.25, 0.3) is 0 Å². The van der Waals surface area contributed by atoms with Crippen LogP contribution in [-0.4, -0.2) is 40.5 Å². The van der Waals surface area contributed by atoms with E-state index in [2.05, 4.69) is 0 Å². The summed E-state index contributed by atoms with van der Waals surface area (Å²) in [5, 5.41) is 18.8. The number of rotatable bonds is 6. The average molecular weight is 272 g/mol. The second-order valence-corrected chi connectivity index (χ2v) is 4.56. The molecule has 0 radical (unpaired) electrons. The first-order valence-corrected chi connectivity index (χ1v) is 6.43. The second-order valence-electron chi connectivity index (χ2n) is 4.18. The van der Waals surface area contributed by atoms with Crippen molar-refractivity contribution in [3.05, 3.63) is 23.8 Å². The van der Waals surface area contributed by atoms with Crippen LogP contribution in [0.5, 0.6) is 11.5 Å². The summed E-state index contributed by atoms with van der Waals surface area (Å²) in [6.45, 7) is 0.621. The van der Waals surface area contributed by atoms with E-state index in [9.17, 15) is 9.90 Å². The van der Waals surface area contributed by atoms with Gasteiger partial charge in [0, 0.05) is 25.5 Å². The third-order valence-electron chi connectivity index (χ3n) is 2.69. The Morgan fingerprint density at radius 1 is 1.28 bits per heavy atom. The third-order valence-corrected chi connectivity index (χ3v) is 2.95. The minimum Gasteiger partial charge on any atom is -0.508 e. The predicted octanol–water partition coefficient (Wildman–Crippen LogP) is 2.58. The molecule has 0 unspecified atom stereocenters. The zero-order valence-electron chi connectivity index (χ0n) is 10.4. The summed E-state index contributed by atoms with van der Waals surface area (Å²) in [5.41, 5.74) is 0.202. The molecule has 4 nitrogen and oxygen atoms in total. The number of phenols is 2. The summed E-state index contributed by atoms with van der Waals surface area (Å²) in [5.74, 6) is 0.121. The number of halogens is 1. The van der Waals surface area contributed by atoms with Gasteiger partial charge < -0.3 is 15.1 Å². The van der Waals surface area contributed by atoms with Crippen molar-refractivity contribution in [2.24, 2.45) is 0 Å². The van der Waals surface area contributed by atoms with Crippen LogP contribution in [0.3, 0.4) is 0 Å². The van der Waals surface area contributed by atoms with Crippen molar-refractivity contribution < 1.29 is 15.0 Å². The largest absolute Gasteiger partial charge is 0.508 e. The van der Waals surface area contributed by atoms with Gasteiger partial charge in [-0.05, 0) is 25.0 Å². The minimum absolute atomic E-state index is 0.0613. The lowest BCUT2D eigenvalue weighted by molar-refractivity contribution is 0.0789. The zero-order valence-corrected chi connectivity index (χ0v) is 11.2. The Bertz CT molecular complexity index is 409. The summed E-state index contributed by atoms with van der Waals surface area (Å²) in [4.78, 5) is 13.6. The van der Waals surface area contributed by atoms with Crippen molar-refractivity contribution in [1.29, 1.82) is 0 Å². The van der Waals surface area contributed by atoms with Crippen molar-refractivity contribution in [3.8, 4) is 11.5 Å². The molecule has 1 aromatic carbocycles. The summed E-state index contributed by atoms with van der Waals surface area (Å²) in [6.07, 6.45) is 2.80. The smallest absolute Gasteiger partial charge is 0.257 e. The summed E-state index contributed by atoms with van der Waals surface area (Å²) in [7, 11) is 1.69. The van der Waals surface area contributed by atoms with Crippen LogP contribution in [-0.2, 0) is 0 Å². The molecule has 1 amide bonds. The van der Waals surface area contributed by atoms with Gasteiger partial charge in [0.25, 0.3) is 5.91 Å². The Balaban J connectivity index is 2.57. The molecule has 100 valence electrons. The van der Waals surface area contributed by atoms with Crippen molar-refractivity contribution >= 4 is 17.5 Å². The SMILES string of the molecule is CN(CCCCCCl)C(=O)c1ccc(O)cc1O. The molecule has 1 rings (SSSR count). The number of unbranched alkanes of at least 4 members (excludes halogenated alkanes) is 2. The number of alkyl halides is 1. The second kappa shape index (κ2) is 7.11. The molecule has 0 aromatic heterocycles. The minimum atomic E-state index is -0.252. The van der Waals surface area contributed by atoms with Crippen molar-refractivity contribution in [3.63, 3.8) is 0 Å². The number of benzene rings is 1. The molecule has 0 aliphatic heterocycles. The van der Waals surface area contributed by atoms with Gasteiger partial charge in [-0.1, -0.05) is 6.42 Å². The highest BCUT2D eigenvalue weighted by Crippen LogP contribution is 2.23. The summed E-state index contributed by atoms with van der Waals surface area (Å²) in [6, 6.07) is 3.96.